The molecular weight excluding hydrogens is 290 g/mol. The van der Waals surface area contributed by atoms with E-state index in [1.165, 1.54) is 31.3 Å². The van der Waals surface area contributed by atoms with Crippen LogP contribution in [0.1, 0.15) is 23.2 Å². The van der Waals surface area contributed by atoms with Gasteiger partial charge in [0.25, 0.3) is 5.91 Å². The van der Waals surface area contributed by atoms with E-state index in [9.17, 15) is 13.2 Å². The Labute approximate surface area is 125 Å². The lowest BCUT2D eigenvalue weighted by Crippen LogP contribution is -2.26. The fraction of sp³-hybridized carbons (Fsp3) is 0.500. The van der Waals surface area contributed by atoms with Gasteiger partial charge < -0.3 is 10.6 Å². The summed E-state index contributed by atoms with van der Waals surface area (Å²) in [5.74, 6) is 0.461. The molecule has 1 aliphatic heterocycles. The number of carbonyl (C=O) groups excluding carboxylic acids is 1. The van der Waals surface area contributed by atoms with Gasteiger partial charge in [-0.2, -0.15) is 0 Å². The summed E-state index contributed by atoms with van der Waals surface area (Å²) in [6.07, 6.45) is 2.12. The molecule has 116 valence electrons. The van der Waals surface area contributed by atoms with Gasteiger partial charge in [-0.3, -0.25) is 4.79 Å². The fourth-order valence-electron chi connectivity index (χ4n) is 2.36. The molecule has 0 spiro atoms. The SMILES string of the molecule is CNS(=O)(=O)c1ccc(C(=O)NCCC2CCNC2)cc1. The molecule has 1 unspecified atom stereocenters. The first-order valence-electron chi connectivity index (χ1n) is 7.05. The number of nitrogens with one attached hydrogen (secondary N) is 3. The van der Waals surface area contributed by atoms with Crippen LogP contribution in [0.25, 0.3) is 0 Å². The zero-order valence-electron chi connectivity index (χ0n) is 12.1. The monoisotopic (exact) mass is 311 g/mol. The number of amides is 1. The molecule has 3 N–H and O–H groups in total. The molecular formula is C14H21N3O3S. The second-order valence-corrected chi connectivity index (χ2v) is 7.02. The van der Waals surface area contributed by atoms with Crippen molar-refractivity contribution in [3.8, 4) is 0 Å². The molecule has 7 heteroatoms. The maximum atomic E-state index is 12.0. The number of hydrogen-bond acceptors (Lipinski definition) is 4. The standard InChI is InChI=1S/C14H21N3O3S/c1-15-21(19,20)13-4-2-12(3-5-13)14(18)17-9-7-11-6-8-16-10-11/h2-5,11,15-16H,6-10H2,1H3,(H,17,18). The maximum absolute atomic E-state index is 12.0. The lowest BCUT2D eigenvalue weighted by Gasteiger charge is -2.09. The Balaban J connectivity index is 1.87. The Hall–Kier alpha value is -1.44. The molecule has 1 amide bonds. The molecule has 6 nitrogen and oxygen atoms in total. The minimum atomic E-state index is -3.46. The average molecular weight is 311 g/mol. The third-order valence-corrected chi connectivity index (χ3v) is 5.13. The Kier molecular flexibility index (Phi) is 5.33. The smallest absolute Gasteiger partial charge is 0.251 e. The topological polar surface area (TPSA) is 87.3 Å². The van der Waals surface area contributed by atoms with E-state index in [0.29, 0.717) is 18.0 Å². The van der Waals surface area contributed by atoms with Crippen molar-refractivity contribution in [3.63, 3.8) is 0 Å². The van der Waals surface area contributed by atoms with E-state index in [2.05, 4.69) is 15.4 Å². The highest BCUT2D eigenvalue weighted by atomic mass is 32.2. The van der Waals surface area contributed by atoms with Crippen molar-refractivity contribution in [2.24, 2.45) is 5.92 Å². The predicted octanol–water partition coefficient (Wildman–Crippen LogP) is 0.324. The van der Waals surface area contributed by atoms with Crippen LogP contribution in [0.4, 0.5) is 0 Å². The van der Waals surface area contributed by atoms with E-state index in [-0.39, 0.29) is 10.8 Å². The Morgan fingerprint density at radius 1 is 1.33 bits per heavy atom. The Morgan fingerprint density at radius 3 is 2.62 bits per heavy atom. The van der Waals surface area contributed by atoms with Gasteiger partial charge in [0.1, 0.15) is 0 Å². The van der Waals surface area contributed by atoms with E-state index < -0.39 is 10.0 Å². The molecule has 1 atom stereocenters. The summed E-state index contributed by atoms with van der Waals surface area (Å²) in [5, 5.41) is 6.16. The maximum Gasteiger partial charge on any atom is 0.251 e. The summed E-state index contributed by atoms with van der Waals surface area (Å²) >= 11 is 0. The van der Waals surface area contributed by atoms with Gasteiger partial charge in [0.2, 0.25) is 10.0 Å². The molecule has 2 rings (SSSR count). The van der Waals surface area contributed by atoms with Crippen molar-refractivity contribution in [3.05, 3.63) is 29.8 Å². The van der Waals surface area contributed by atoms with Crippen molar-refractivity contribution in [1.29, 1.82) is 0 Å². The molecule has 0 bridgehead atoms. The first-order valence-corrected chi connectivity index (χ1v) is 8.54. The molecule has 1 heterocycles. The van der Waals surface area contributed by atoms with Crippen LogP contribution in [0.5, 0.6) is 0 Å². The van der Waals surface area contributed by atoms with Gasteiger partial charge in [0.05, 0.1) is 4.90 Å². The summed E-state index contributed by atoms with van der Waals surface area (Å²) in [4.78, 5) is 12.1. The van der Waals surface area contributed by atoms with Crippen molar-refractivity contribution >= 4 is 15.9 Å². The van der Waals surface area contributed by atoms with Crippen LogP contribution >= 0.6 is 0 Å². The van der Waals surface area contributed by atoms with Crippen molar-refractivity contribution < 1.29 is 13.2 Å². The lowest BCUT2D eigenvalue weighted by molar-refractivity contribution is 0.0951. The normalized spacial score (nSPS) is 18.6. The van der Waals surface area contributed by atoms with Gasteiger partial charge in [-0.1, -0.05) is 0 Å². The molecule has 1 aromatic carbocycles. The molecule has 0 aromatic heterocycles. The molecule has 1 saturated heterocycles. The average Bonchev–Trinajstić information content (AvgIpc) is 3.00. The van der Waals surface area contributed by atoms with Gasteiger partial charge in [0, 0.05) is 12.1 Å². The van der Waals surface area contributed by atoms with Crippen LogP contribution < -0.4 is 15.4 Å². The van der Waals surface area contributed by atoms with E-state index in [1.54, 1.807) is 0 Å². The Bertz CT molecular complexity index is 578. The summed E-state index contributed by atoms with van der Waals surface area (Å²) in [7, 11) is -2.10. The van der Waals surface area contributed by atoms with Gasteiger partial charge >= 0.3 is 0 Å². The van der Waals surface area contributed by atoms with Crippen LogP contribution in [-0.4, -0.2) is 41.0 Å². The van der Waals surface area contributed by atoms with Gasteiger partial charge in [-0.05, 0) is 63.2 Å². The number of sulfonamides is 1. The fourth-order valence-corrected chi connectivity index (χ4v) is 3.09. The molecule has 1 fully saturated rings. The van der Waals surface area contributed by atoms with Crippen LogP contribution in [0, 0.1) is 5.92 Å². The van der Waals surface area contributed by atoms with Crippen LogP contribution in [0.2, 0.25) is 0 Å². The number of rotatable bonds is 6. The molecule has 0 aliphatic carbocycles. The third kappa shape index (κ3) is 4.26. The summed E-state index contributed by atoms with van der Waals surface area (Å²) in [6.45, 7) is 2.72. The van der Waals surface area contributed by atoms with Crippen molar-refractivity contribution in [2.75, 3.05) is 26.7 Å². The minimum Gasteiger partial charge on any atom is -0.352 e. The molecule has 0 saturated carbocycles. The second-order valence-electron chi connectivity index (χ2n) is 5.14. The zero-order valence-corrected chi connectivity index (χ0v) is 12.9. The highest BCUT2D eigenvalue weighted by Crippen LogP contribution is 2.12. The van der Waals surface area contributed by atoms with Gasteiger partial charge in [-0.15, -0.1) is 0 Å². The quantitative estimate of drug-likeness (QED) is 0.706. The van der Waals surface area contributed by atoms with Crippen LogP contribution in [0.3, 0.4) is 0 Å². The minimum absolute atomic E-state index is 0.151. The van der Waals surface area contributed by atoms with E-state index in [0.717, 1.165) is 25.9 Å². The molecule has 1 aliphatic rings. The van der Waals surface area contributed by atoms with Gasteiger partial charge in [0.15, 0.2) is 0 Å². The van der Waals surface area contributed by atoms with Gasteiger partial charge in [-0.25, -0.2) is 13.1 Å². The number of carbonyl (C=O) groups is 1. The third-order valence-electron chi connectivity index (χ3n) is 3.70. The highest BCUT2D eigenvalue weighted by molar-refractivity contribution is 7.89. The Morgan fingerprint density at radius 2 is 2.05 bits per heavy atom. The first kappa shape index (κ1) is 15.9. The zero-order chi connectivity index (χ0) is 15.3. The van der Waals surface area contributed by atoms with E-state index in [1.807, 2.05) is 0 Å². The summed E-state index contributed by atoms with van der Waals surface area (Å²) in [5.41, 5.74) is 0.467. The number of hydrogen-bond donors (Lipinski definition) is 3. The van der Waals surface area contributed by atoms with Crippen LogP contribution in [-0.2, 0) is 10.0 Å². The summed E-state index contributed by atoms with van der Waals surface area (Å²) < 4.78 is 25.4. The highest BCUT2D eigenvalue weighted by Gasteiger charge is 2.15. The van der Waals surface area contributed by atoms with Crippen molar-refractivity contribution in [1.82, 2.24) is 15.4 Å². The first-order chi connectivity index (χ1) is 10.0. The molecule has 1 aromatic rings. The van der Waals surface area contributed by atoms with Crippen molar-refractivity contribution in [2.45, 2.75) is 17.7 Å². The predicted molar refractivity (Wildman–Crippen MR) is 80.6 cm³/mol. The molecule has 0 radical (unpaired) electrons. The van der Waals surface area contributed by atoms with Crippen LogP contribution in [0.15, 0.2) is 29.2 Å². The summed E-state index contributed by atoms with van der Waals surface area (Å²) in [6, 6.07) is 5.91. The largest absolute Gasteiger partial charge is 0.352 e. The van der Waals surface area contributed by atoms with E-state index >= 15 is 0 Å². The lowest BCUT2D eigenvalue weighted by atomic mass is 10.1. The molecule has 21 heavy (non-hydrogen) atoms. The number of benzene rings is 1. The second kappa shape index (κ2) is 7.02. The van der Waals surface area contributed by atoms with E-state index in [4.69, 9.17) is 0 Å².